The lowest BCUT2D eigenvalue weighted by Crippen LogP contribution is -2.76. The molecule has 3 fully saturated rings. The number of piperidine rings is 1. The van der Waals surface area contributed by atoms with E-state index in [2.05, 4.69) is 105 Å². The molecule has 0 radical (unpaired) electrons. The molecule has 8 rings (SSSR count). The summed E-state index contributed by atoms with van der Waals surface area (Å²) in [5, 5.41) is 15.3. The van der Waals surface area contributed by atoms with Crippen LogP contribution in [0.15, 0.2) is 85.5 Å². The van der Waals surface area contributed by atoms with Crippen LogP contribution in [0.5, 0.6) is 11.5 Å². The molecule has 0 aromatic heterocycles. The third kappa shape index (κ3) is 4.00. The second-order valence-corrected chi connectivity index (χ2v) is 18.9. The number of likely N-dealkylation sites (tertiary alicyclic amines) is 1. The number of rotatable bonds is 7. The number of hydrogen-bond donors (Lipinski definition) is 1. The van der Waals surface area contributed by atoms with Gasteiger partial charge in [-0.1, -0.05) is 93.6 Å². The molecule has 1 N–H and O–H groups in total. The summed E-state index contributed by atoms with van der Waals surface area (Å²) < 4.78 is 27.2. The van der Waals surface area contributed by atoms with Gasteiger partial charge in [0.05, 0.1) is 24.2 Å². The standard InChI is InChI=1S/C38H45NO5Si/c1-5-21-39-22-20-37-32-26-16-17-30(44-45(36(2,3)4,27-12-8-6-9-13-27)28-14-10-7-11-15-28)33(32)43-34(37)29(35-41-23-24-42-35)18-19-38(37,40)31(39)25-26/h5-17,29,31,34-35,40H,1,18-25H2,2-4H3/t29?,31-,34+,37+,38?/m1/s1. The normalized spacial score (nSPS) is 30.9. The fraction of sp³-hybridized carbons (Fsp3) is 0.474. The molecular formula is C38H45NO5Si. The largest absolute Gasteiger partial charge is 0.531 e. The molecule has 45 heavy (non-hydrogen) atoms. The molecule has 1 saturated carbocycles. The predicted molar refractivity (Wildman–Crippen MR) is 178 cm³/mol. The molecule has 2 bridgehead atoms. The maximum absolute atomic E-state index is 13.0. The van der Waals surface area contributed by atoms with Gasteiger partial charge in [0.25, 0.3) is 0 Å². The molecule has 5 atom stereocenters. The minimum atomic E-state index is -2.93. The zero-order valence-corrected chi connectivity index (χ0v) is 27.7. The predicted octanol–water partition coefficient (Wildman–Crippen LogP) is 4.95. The van der Waals surface area contributed by atoms with Crippen LogP contribution < -0.4 is 19.5 Å². The molecule has 3 aromatic rings. The van der Waals surface area contributed by atoms with E-state index in [1.165, 1.54) is 21.5 Å². The van der Waals surface area contributed by atoms with Crippen molar-refractivity contribution in [3.63, 3.8) is 0 Å². The van der Waals surface area contributed by atoms with Gasteiger partial charge in [0, 0.05) is 24.1 Å². The van der Waals surface area contributed by atoms with Gasteiger partial charge in [-0.05, 0) is 59.3 Å². The Hall–Kier alpha value is -2.94. The van der Waals surface area contributed by atoms with Crippen molar-refractivity contribution < 1.29 is 23.7 Å². The second kappa shape index (κ2) is 10.5. The van der Waals surface area contributed by atoms with E-state index in [0.29, 0.717) is 19.6 Å². The van der Waals surface area contributed by atoms with E-state index in [0.717, 1.165) is 43.9 Å². The number of ether oxygens (including phenoxy) is 3. The fourth-order valence-electron chi connectivity index (χ4n) is 9.84. The van der Waals surface area contributed by atoms with Crippen LogP contribution in [0.3, 0.4) is 0 Å². The first-order valence-corrected chi connectivity index (χ1v) is 18.6. The van der Waals surface area contributed by atoms with Gasteiger partial charge in [0.15, 0.2) is 12.0 Å². The fourth-order valence-corrected chi connectivity index (χ4v) is 14.3. The van der Waals surface area contributed by atoms with Gasteiger partial charge in [-0.15, -0.1) is 6.58 Å². The van der Waals surface area contributed by atoms with Crippen LogP contribution >= 0.6 is 0 Å². The Morgan fingerprint density at radius 2 is 1.64 bits per heavy atom. The van der Waals surface area contributed by atoms with Crippen LogP contribution in [-0.2, 0) is 21.3 Å². The molecule has 5 aliphatic rings. The average Bonchev–Trinajstić information content (AvgIpc) is 3.69. The molecule has 3 aromatic carbocycles. The lowest BCUT2D eigenvalue weighted by Gasteiger charge is -2.64. The van der Waals surface area contributed by atoms with E-state index in [1.54, 1.807) is 0 Å². The SMILES string of the molecule is C=CCN1CC[C@]23c4c5ccc(O[Si](c6ccccc6)(c6ccccc6)C(C)(C)C)c4O[C@H]2C(C2OCCO2)CCC3(O)[C@H]1C5. The Balaban J connectivity index is 1.33. The van der Waals surface area contributed by atoms with Crippen molar-refractivity contribution in [1.29, 1.82) is 0 Å². The number of nitrogens with zero attached hydrogens (tertiary/aromatic N) is 1. The van der Waals surface area contributed by atoms with Crippen molar-refractivity contribution in [2.75, 3.05) is 26.3 Å². The van der Waals surface area contributed by atoms with Gasteiger partial charge >= 0.3 is 8.32 Å². The summed E-state index contributed by atoms with van der Waals surface area (Å²) in [6.45, 7) is 13.8. The quantitative estimate of drug-likeness (QED) is 0.297. The zero-order chi connectivity index (χ0) is 31.0. The first-order chi connectivity index (χ1) is 21.7. The molecule has 2 unspecified atom stereocenters. The van der Waals surface area contributed by atoms with Gasteiger partial charge in [-0.2, -0.15) is 0 Å². The summed E-state index contributed by atoms with van der Waals surface area (Å²) >= 11 is 0. The van der Waals surface area contributed by atoms with Gasteiger partial charge in [-0.3, -0.25) is 4.90 Å². The van der Waals surface area contributed by atoms with E-state index in [4.69, 9.17) is 18.6 Å². The van der Waals surface area contributed by atoms with Gasteiger partial charge in [0.1, 0.15) is 11.9 Å². The number of aliphatic hydroxyl groups is 1. The highest BCUT2D eigenvalue weighted by Crippen LogP contribution is 2.67. The zero-order valence-electron chi connectivity index (χ0n) is 26.7. The van der Waals surface area contributed by atoms with Crippen LogP contribution in [0.2, 0.25) is 5.04 Å². The minimum Gasteiger partial charge on any atom is -0.531 e. The maximum Gasteiger partial charge on any atom is 0.320 e. The van der Waals surface area contributed by atoms with Crippen LogP contribution in [0.1, 0.15) is 51.2 Å². The van der Waals surface area contributed by atoms with Crippen molar-refractivity contribution in [3.05, 3.63) is 96.6 Å². The van der Waals surface area contributed by atoms with Crippen molar-refractivity contribution in [2.45, 2.75) is 80.9 Å². The highest BCUT2D eigenvalue weighted by Gasteiger charge is 2.73. The molecule has 7 heteroatoms. The summed E-state index contributed by atoms with van der Waals surface area (Å²) in [7, 11) is -2.93. The molecule has 2 saturated heterocycles. The van der Waals surface area contributed by atoms with E-state index < -0.39 is 19.3 Å². The number of hydrogen-bond acceptors (Lipinski definition) is 6. The second-order valence-electron chi connectivity index (χ2n) is 14.7. The molecule has 236 valence electrons. The Morgan fingerprint density at radius 3 is 2.27 bits per heavy atom. The maximum atomic E-state index is 13.0. The number of benzene rings is 3. The Labute approximate surface area is 268 Å². The van der Waals surface area contributed by atoms with Gasteiger partial charge in [0.2, 0.25) is 0 Å². The Kier molecular flexibility index (Phi) is 6.90. The molecular weight excluding hydrogens is 579 g/mol. The molecule has 3 heterocycles. The summed E-state index contributed by atoms with van der Waals surface area (Å²) in [4.78, 5) is 2.44. The third-order valence-electron chi connectivity index (χ3n) is 11.6. The highest BCUT2D eigenvalue weighted by atomic mass is 28.4. The average molecular weight is 624 g/mol. The summed E-state index contributed by atoms with van der Waals surface area (Å²) in [5.74, 6) is 1.64. The van der Waals surface area contributed by atoms with Crippen molar-refractivity contribution in [2.24, 2.45) is 5.92 Å². The first-order valence-electron chi connectivity index (χ1n) is 16.7. The lowest BCUT2D eigenvalue weighted by atomic mass is 9.47. The van der Waals surface area contributed by atoms with Crippen molar-refractivity contribution >= 4 is 18.7 Å². The van der Waals surface area contributed by atoms with Crippen LogP contribution in [0.25, 0.3) is 0 Å². The van der Waals surface area contributed by atoms with Gasteiger partial charge < -0.3 is 23.7 Å². The first kappa shape index (κ1) is 29.5. The minimum absolute atomic E-state index is 0.00334. The van der Waals surface area contributed by atoms with Crippen LogP contribution in [-0.4, -0.2) is 68.7 Å². The molecule has 3 aliphatic heterocycles. The summed E-state index contributed by atoms with van der Waals surface area (Å²) in [6, 6.07) is 25.9. The lowest BCUT2D eigenvalue weighted by molar-refractivity contribution is -0.222. The third-order valence-corrected chi connectivity index (χ3v) is 16.6. The smallest absolute Gasteiger partial charge is 0.320 e. The molecule has 0 amide bonds. The molecule has 1 spiro atoms. The van der Waals surface area contributed by atoms with Gasteiger partial charge in [-0.25, -0.2) is 0 Å². The molecule has 2 aliphatic carbocycles. The summed E-state index contributed by atoms with van der Waals surface area (Å²) in [5.41, 5.74) is 0.950. The highest BCUT2D eigenvalue weighted by molar-refractivity contribution is 7.00. The van der Waals surface area contributed by atoms with Crippen molar-refractivity contribution in [3.8, 4) is 11.5 Å². The van der Waals surface area contributed by atoms with E-state index >= 15 is 0 Å². The van der Waals surface area contributed by atoms with E-state index in [1.807, 2.05) is 6.08 Å². The van der Waals surface area contributed by atoms with Crippen LogP contribution in [0, 0.1) is 5.92 Å². The monoisotopic (exact) mass is 623 g/mol. The summed E-state index contributed by atoms with van der Waals surface area (Å²) in [6.07, 6.45) is 4.47. The molecule has 6 nitrogen and oxygen atoms in total. The van der Waals surface area contributed by atoms with E-state index in [9.17, 15) is 5.11 Å². The Morgan fingerprint density at radius 1 is 0.978 bits per heavy atom. The van der Waals surface area contributed by atoms with E-state index in [-0.39, 0.29) is 29.4 Å². The topological polar surface area (TPSA) is 60.4 Å². The Bertz CT molecular complexity index is 1550. The van der Waals surface area contributed by atoms with Crippen LogP contribution in [0.4, 0.5) is 0 Å². The van der Waals surface area contributed by atoms with Crippen molar-refractivity contribution in [1.82, 2.24) is 4.90 Å².